The van der Waals surface area contributed by atoms with Crippen LogP contribution in [-0.2, 0) is 0 Å². The highest BCUT2D eigenvalue weighted by Crippen LogP contribution is 2.32. The van der Waals surface area contributed by atoms with E-state index in [1.165, 1.54) is 0 Å². The number of aryl methyl sites for hydroxylation is 2. The lowest BCUT2D eigenvalue weighted by molar-refractivity contribution is 0.529. The summed E-state index contributed by atoms with van der Waals surface area (Å²) in [5.74, 6) is 0.771. The molecule has 0 aliphatic carbocycles. The van der Waals surface area contributed by atoms with Crippen molar-refractivity contribution in [3.05, 3.63) is 65.6 Å². The van der Waals surface area contributed by atoms with Gasteiger partial charge in [-0.25, -0.2) is 4.68 Å². The van der Waals surface area contributed by atoms with Crippen molar-refractivity contribution in [1.29, 1.82) is 0 Å². The molecule has 4 aromatic rings. The number of aromatic nitrogens is 4. The first-order valence-corrected chi connectivity index (χ1v) is 7.97. The number of benzene rings is 1. The molecule has 0 unspecified atom stereocenters. The average Bonchev–Trinajstić information content (AvgIpc) is 3.20. The molecule has 0 saturated carbocycles. The lowest BCUT2D eigenvalue weighted by atomic mass is 10.1. The molecule has 0 amide bonds. The van der Waals surface area contributed by atoms with E-state index in [4.69, 9.17) is 4.42 Å². The highest BCUT2D eigenvalue weighted by atomic mass is 16.3. The standard InChI is InChI=1S/C19H18N4O/c1-12-7-6-10-20-18(12)14(3)23-11-16(21-22-23)19-13(2)15-8-4-5-9-17(15)24-19/h4-11,14H,1-3H3/t14-/m1/s1. The Balaban J connectivity index is 1.74. The number of rotatable bonds is 3. The zero-order valence-electron chi connectivity index (χ0n) is 13.9. The maximum Gasteiger partial charge on any atom is 0.160 e. The second-order valence-corrected chi connectivity index (χ2v) is 6.02. The Morgan fingerprint density at radius 1 is 1.08 bits per heavy atom. The molecule has 0 fully saturated rings. The molecule has 1 aromatic carbocycles. The number of para-hydroxylation sites is 1. The monoisotopic (exact) mass is 318 g/mol. The van der Waals surface area contributed by atoms with Crippen LogP contribution >= 0.6 is 0 Å². The van der Waals surface area contributed by atoms with Crippen LogP contribution in [0.4, 0.5) is 0 Å². The summed E-state index contributed by atoms with van der Waals surface area (Å²) in [6.45, 7) is 6.17. The molecule has 0 aliphatic heterocycles. The lowest BCUT2D eigenvalue weighted by Gasteiger charge is -2.12. The Hall–Kier alpha value is -2.95. The van der Waals surface area contributed by atoms with Crippen molar-refractivity contribution < 1.29 is 4.42 Å². The SMILES string of the molecule is Cc1cccnc1[C@@H](C)n1cc(-c2oc3ccccc3c2C)nn1. The minimum absolute atomic E-state index is 0.0112. The summed E-state index contributed by atoms with van der Waals surface area (Å²) in [5.41, 5.74) is 4.83. The quantitative estimate of drug-likeness (QED) is 0.565. The number of pyridine rings is 1. The van der Waals surface area contributed by atoms with E-state index >= 15 is 0 Å². The van der Waals surface area contributed by atoms with Crippen molar-refractivity contribution in [2.24, 2.45) is 0 Å². The van der Waals surface area contributed by atoms with Crippen LogP contribution in [0.5, 0.6) is 0 Å². The van der Waals surface area contributed by atoms with Crippen LogP contribution in [0.1, 0.15) is 29.8 Å². The largest absolute Gasteiger partial charge is 0.454 e. The zero-order chi connectivity index (χ0) is 16.7. The van der Waals surface area contributed by atoms with E-state index in [0.29, 0.717) is 0 Å². The molecule has 3 aromatic heterocycles. The van der Waals surface area contributed by atoms with E-state index in [1.807, 2.05) is 42.1 Å². The van der Waals surface area contributed by atoms with Gasteiger partial charge >= 0.3 is 0 Å². The summed E-state index contributed by atoms with van der Waals surface area (Å²) >= 11 is 0. The highest BCUT2D eigenvalue weighted by molar-refractivity contribution is 5.86. The van der Waals surface area contributed by atoms with E-state index in [0.717, 1.165) is 39.2 Å². The van der Waals surface area contributed by atoms with Gasteiger partial charge in [0.05, 0.1) is 17.9 Å². The van der Waals surface area contributed by atoms with Crippen LogP contribution in [-0.4, -0.2) is 20.0 Å². The highest BCUT2D eigenvalue weighted by Gasteiger charge is 2.18. The third kappa shape index (κ3) is 2.29. The molecule has 4 rings (SSSR count). The van der Waals surface area contributed by atoms with E-state index < -0.39 is 0 Å². The number of furan rings is 1. The summed E-state index contributed by atoms with van der Waals surface area (Å²) < 4.78 is 7.81. The van der Waals surface area contributed by atoms with Gasteiger partial charge in [0.15, 0.2) is 5.76 Å². The van der Waals surface area contributed by atoms with Crippen LogP contribution < -0.4 is 0 Å². The number of hydrogen-bond donors (Lipinski definition) is 0. The molecule has 5 nitrogen and oxygen atoms in total. The smallest absolute Gasteiger partial charge is 0.160 e. The van der Waals surface area contributed by atoms with Gasteiger partial charge in [0.25, 0.3) is 0 Å². The van der Waals surface area contributed by atoms with E-state index in [-0.39, 0.29) is 6.04 Å². The van der Waals surface area contributed by atoms with Gasteiger partial charge in [-0.15, -0.1) is 5.10 Å². The molecule has 120 valence electrons. The van der Waals surface area contributed by atoms with Crippen LogP contribution in [0, 0.1) is 13.8 Å². The minimum atomic E-state index is 0.0112. The second kappa shape index (κ2) is 5.60. The first-order valence-electron chi connectivity index (χ1n) is 7.97. The van der Waals surface area contributed by atoms with Crippen LogP contribution in [0.2, 0.25) is 0 Å². The molecule has 5 heteroatoms. The normalized spacial score (nSPS) is 12.6. The third-order valence-corrected chi connectivity index (χ3v) is 4.43. The Labute approximate surface area is 139 Å². The van der Waals surface area contributed by atoms with Crippen molar-refractivity contribution in [2.45, 2.75) is 26.8 Å². The van der Waals surface area contributed by atoms with Gasteiger partial charge in [-0.05, 0) is 38.5 Å². The lowest BCUT2D eigenvalue weighted by Crippen LogP contribution is -2.10. The maximum absolute atomic E-state index is 5.98. The Kier molecular flexibility index (Phi) is 3.41. The molecule has 24 heavy (non-hydrogen) atoms. The van der Waals surface area contributed by atoms with Gasteiger partial charge in [-0.3, -0.25) is 4.98 Å². The van der Waals surface area contributed by atoms with Gasteiger partial charge in [-0.1, -0.05) is 29.5 Å². The zero-order valence-corrected chi connectivity index (χ0v) is 13.9. The Bertz CT molecular complexity index is 1020. The molecule has 0 saturated heterocycles. The molecular weight excluding hydrogens is 300 g/mol. The van der Waals surface area contributed by atoms with Crippen LogP contribution in [0.25, 0.3) is 22.4 Å². The van der Waals surface area contributed by atoms with E-state index in [2.05, 4.69) is 41.3 Å². The first kappa shape index (κ1) is 14.6. The Morgan fingerprint density at radius 2 is 1.92 bits per heavy atom. The van der Waals surface area contributed by atoms with Crippen molar-refractivity contribution >= 4 is 11.0 Å². The second-order valence-electron chi connectivity index (χ2n) is 6.02. The average molecular weight is 318 g/mol. The molecule has 3 heterocycles. The number of fused-ring (bicyclic) bond motifs is 1. The predicted molar refractivity (Wildman–Crippen MR) is 92.8 cm³/mol. The van der Waals surface area contributed by atoms with Gasteiger partial charge < -0.3 is 4.42 Å². The van der Waals surface area contributed by atoms with Gasteiger partial charge in [0.1, 0.15) is 11.3 Å². The molecule has 0 N–H and O–H groups in total. The topological polar surface area (TPSA) is 56.7 Å². The fraction of sp³-hybridized carbons (Fsp3) is 0.211. The van der Waals surface area contributed by atoms with Gasteiger partial charge in [0, 0.05) is 17.1 Å². The third-order valence-electron chi connectivity index (χ3n) is 4.43. The molecule has 0 bridgehead atoms. The minimum Gasteiger partial charge on any atom is -0.454 e. The first-order chi connectivity index (χ1) is 11.6. The molecule has 1 atom stereocenters. The molecular formula is C19H18N4O. The van der Waals surface area contributed by atoms with Gasteiger partial charge in [-0.2, -0.15) is 0 Å². The summed E-state index contributed by atoms with van der Waals surface area (Å²) in [6, 6.07) is 12.0. The fourth-order valence-corrected chi connectivity index (χ4v) is 3.05. The van der Waals surface area contributed by atoms with E-state index in [1.54, 1.807) is 6.20 Å². The van der Waals surface area contributed by atoms with E-state index in [9.17, 15) is 0 Å². The summed E-state index contributed by atoms with van der Waals surface area (Å²) in [5, 5.41) is 9.71. The molecule has 0 spiro atoms. The van der Waals surface area contributed by atoms with Crippen molar-refractivity contribution in [3.63, 3.8) is 0 Å². The number of hydrogen-bond acceptors (Lipinski definition) is 4. The van der Waals surface area contributed by atoms with Crippen molar-refractivity contribution in [3.8, 4) is 11.5 Å². The van der Waals surface area contributed by atoms with Crippen LogP contribution in [0.3, 0.4) is 0 Å². The fourth-order valence-electron chi connectivity index (χ4n) is 3.05. The molecule has 0 aliphatic rings. The Morgan fingerprint density at radius 3 is 2.71 bits per heavy atom. The molecule has 0 radical (unpaired) electrons. The maximum atomic E-state index is 5.98. The van der Waals surface area contributed by atoms with Gasteiger partial charge in [0.2, 0.25) is 0 Å². The number of nitrogens with zero attached hydrogens (tertiary/aromatic N) is 4. The summed E-state index contributed by atoms with van der Waals surface area (Å²) in [7, 11) is 0. The van der Waals surface area contributed by atoms with Crippen molar-refractivity contribution in [1.82, 2.24) is 20.0 Å². The summed E-state index contributed by atoms with van der Waals surface area (Å²) in [6.07, 6.45) is 3.73. The predicted octanol–water partition coefficient (Wildman–Crippen LogP) is 4.31. The van der Waals surface area contributed by atoms with Crippen molar-refractivity contribution in [2.75, 3.05) is 0 Å². The van der Waals surface area contributed by atoms with Crippen LogP contribution in [0.15, 0.2) is 53.2 Å². The summed E-state index contributed by atoms with van der Waals surface area (Å²) in [4.78, 5) is 4.48.